The molecule has 0 spiro atoms. The van der Waals surface area contributed by atoms with Crippen molar-refractivity contribution in [1.29, 1.82) is 0 Å². The van der Waals surface area contributed by atoms with Crippen LogP contribution in [0.3, 0.4) is 0 Å². The van der Waals surface area contributed by atoms with E-state index in [1.54, 1.807) is 18.4 Å². The number of nitro groups is 1. The molecule has 1 unspecified atom stereocenters. The van der Waals surface area contributed by atoms with E-state index in [1.807, 2.05) is 36.4 Å². The molecule has 0 bridgehead atoms. The van der Waals surface area contributed by atoms with Crippen molar-refractivity contribution in [2.24, 2.45) is 0 Å². The summed E-state index contributed by atoms with van der Waals surface area (Å²) in [6.07, 6.45) is 5.89. The lowest BCUT2D eigenvalue weighted by Gasteiger charge is -2.02. The molecule has 30 heavy (non-hydrogen) atoms. The van der Waals surface area contributed by atoms with Gasteiger partial charge in [-0.05, 0) is 41.5 Å². The Morgan fingerprint density at radius 2 is 1.83 bits per heavy atom. The monoisotopic (exact) mass is 441 g/mol. The predicted octanol–water partition coefficient (Wildman–Crippen LogP) is 4.51. The molecule has 3 aromatic rings. The van der Waals surface area contributed by atoms with Crippen molar-refractivity contribution in [3.63, 3.8) is 0 Å². The van der Waals surface area contributed by atoms with Gasteiger partial charge in [0.15, 0.2) is 5.13 Å². The number of benzene rings is 2. The second kappa shape index (κ2) is 9.55. The maximum absolute atomic E-state index is 11.6. The Morgan fingerprint density at radius 3 is 2.40 bits per heavy atom. The van der Waals surface area contributed by atoms with Crippen molar-refractivity contribution in [2.45, 2.75) is 18.2 Å². The van der Waals surface area contributed by atoms with E-state index in [2.05, 4.69) is 10.3 Å². The molecule has 2 aromatic carbocycles. The number of rotatable bonds is 7. The van der Waals surface area contributed by atoms with Gasteiger partial charge in [0.05, 0.1) is 10.6 Å². The van der Waals surface area contributed by atoms with Gasteiger partial charge in [-0.1, -0.05) is 18.2 Å². The Labute approximate surface area is 180 Å². The van der Waals surface area contributed by atoms with Crippen molar-refractivity contribution in [3.05, 3.63) is 80.3 Å². The molecule has 0 saturated heterocycles. The van der Waals surface area contributed by atoms with Gasteiger partial charge >= 0.3 is 0 Å². The lowest BCUT2D eigenvalue weighted by Crippen LogP contribution is -2.04. The van der Waals surface area contributed by atoms with Crippen LogP contribution < -0.4 is 5.32 Å². The average molecular weight is 442 g/mol. The zero-order chi connectivity index (χ0) is 21.7. The summed E-state index contributed by atoms with van der Waals surface area (Å²) < 4.78 is 11.6. The first-order valence-corrected chi connectivity index (χ1v) is 11.3. The number of hydrogen-bond acceptors (Lipinski definition) is 6. The van der Waals surface area contributed by atoms with Gasteiger partial charge in [-0.25, -0.2) is 4.98 Å². The summed E-state index contributed by atoms with van der Waals surface area (Å²) in [7, 11) is -1.03. The van der Waals surface area contributed by atoms with Crippen molar-refractivity contribution in [1.82, 2.24) is 4.98 Å². The van der Waals surface area contributed by atoms with E-state index in [0.29, 0.717) is 17.2 Å². The first-order valence-electron chi connectivity index (χ1n) is 8.94. The van der Waals surface area contributed by atoms with E-state index in [1.165, 1.54) is 30.4 Å². The van der Waals surface area contributed by atoms with E-state index < -0.39 is 15.7 Å². The highest BCUT2D eigenvalue weighted by molar-refractivity contribution is 7.84. The van der Waals surface area contributed by atoms with Gasteiger partial charge in [-0.3, -0.25) is 19.1 Å². The normalized spacial score (nSPS) is 12.1. The molecule has 1 atom stereocenters. The maximum Gasteiger partial charge on any atom is 0.269 e. The van der Waals surface area contributed by atoms with Gasteiger partial charge in [0.25, 0.3) is 5.69 Å². The fourth-order valence-electron chi connectivity index (χ4n) is 2.69. The van der Waals surface area contributed by atoms with Crippen LogP contribution in [-0.2, 0) is 22.0 Å². The van der Waals surface area contributed by atoms with Crippen LogP contribution >= 0.6 is 11.3 Å². The Bertz CT molecular complexity index is 1120. The lowest BCUT2D eigenvalue weighted by molar-refractivity contribution is -0.384. The first-order chi connectivity index (χ1) is 14.3. The third kappa shape index (κ3) is 5.68. The fourth-order valence-corrected chi connectivity index (χ4v) is 4.24. The minimum absolute atomic E-state index is 0.0332. The van der Waals surface area contributed by atoms with Crippen molar-refractivity contribution in [3.8, 4) is 0 Å². The third-order valence-electron chi connectivity index (χ3n) is 4.17. The molecule has 1 aromatic heterocycles. The van der Waals surface area contributed by atoms with Crippen LogP contribution in [0.15, 0.2) is 53.4 Å². The predicted molar refractivity (Wildman–Crippen MR) is 120 cm³/mol. The van der Waals surface area contributed by atoms with Crippen molar-refractivity contribution < 1.29 is 13.9 Å². The molecule has 9 heteroatoms. The molecule has 154 valence electrons. The second-order valence-corrected chi connectivity index (χ2v) is 8.93. The highest BCUT2D eigenvalue weighted by atomic mass is 32.2. The average Bonchev–Trinajstić information content (AvgIpc) is 3.07. The van der Waals surface area contributed by atoms with Crippen LogP contribution in [0.25, 0.3) is 12.2 Å². The Morgan fingerprint density at radius 1 is 1.17 bits per heavy atom. The number of hydrogen-bond donors (Lipinski definition) is 1. The van der Waals surface area contributed by atoms with Gasteiger partial charge in [0.2, 0.25) is 5.91 Å². The molecule has 0 aliphatic carbocycles. The second-order valence-electron chi connectivity index (χ2n) is 6.47. The zero-order valence-electron chi connectivity index (χ0n) is 16.3. The maximum atomic E-state index is 11.6. The molecule has 0 fully saturated rings. The van der Waals surface area contributed by atoms with Crippen LogP contribution in [0.2, 0.25) is 0 Å². The standard InChI is InChI=1S/C21H19N3O4S2/c1-14(25)22-21-23-19(12-7-15-3-8-17(9-4-15)24(26)27)20(29-21)13-16-5-10-18(11-6-16)30(2)28/h3-12H,13H2,1-2H3,(H,22,23,25)/b12-7+. The van der Waals surface area contributed by atoms with Gasteiger partial charge in [0, 0.05) is 52.3 Å². The zero-order valence-corrected chi connectivity index (χ0v) is 18.0. The van der Waals surface area contributed by atoms with Gasteiger partial charge in [-0.15, -0.1) is 11.3 Å². The quantitative estimate of drug-likeness (QED) is 0.429. The number of carbonyl (C=O) groups excluding carboxylic acids is 1. The topological polar surface area (TPSA) is 102 Å². The smallest absolute Gasteiger partial charge is 0.269 e. The summed E-state index contributed by atoms with van der Waals surface area (Å²) in [4.78, 5) is 28.0. The highest BCUT2D eigenvalue weighted by Crippen LogP contribution is 2.28. The number of anilines is 1. The number of aromatic nitrogens is 1. The van der Waals surface area contributed by atoms with Crippen LogP contribution in [-0.4, -0.2) is 26.3 Å². The summed E-state index contributed by atoms with van der Waals surface area (Å²) in [5.74, 6) is -0.198. The van der Waals surface area contributed by atoms with E-state index in [4.69, 9.17) is 0 Å². The number of nitrogens with zero attached hydrogens (tertiary/aromatic N) is 2. The van der Waals surface area contributed by atoms with Crippen molar-refractivity contribution >= 4 is 51.0 Å². The van der Waals surface area contributed by atoms with Crippen LogP contribution in [0.4, 0.5) is 10.8 Å². The molecule has 0 radical (unpaired) electrons. The SMILES string of the molecule is CC(=O)Nc1nc(/C=C/c2ccc([N+](=O)[O-])cc2)c(Cc2ccc(S(C)=O)cc2)s1. The largest absolute Gasteiger partial charge is 0.302 e. The summed E-state index contributed by atoms with van der Waals surface area (Å²) in [5, 5.41) is 14.0. The van der Waals surface area contributed by atoms with E-state index in [0.717, 1.165) is 20.9 Å². The fraction of sp³-hybridized carbons (Fsp3) is 0.143. The summed E-state index contributed by atoms with van der Waals surface area (Å²) in [6, 6.07) is 13.8. The van der Waals surface area contributed by atoms with Gasteiger partial charge < -0.3 is 5.32 Å². The molecular weight excluding hydrogens is 422 g/mol. The van der Waals surface area contributed by atoms with Crippen LogP contribution in [0.1, 0.15) is 28.6 Å². The number of carbonyl (C=O) groups is 1. The number of thiazole rings is 1. The number of nitrogens with one attached hydrogen (secondary N) is 1. The molecular formula is C21H19N3O4S2. The lowest BCUT2D eigenvalue weighted by atomic mass is 10.1. The molecule has 0 aliphatic rings. The summed E-state index contributed by atoms with van der Waals surface area (Å²) in [5.41, 5.74) is 2.58. The molecule has 7 nitrogen and oxygen atoms in total. The molecule has 1 N–H and O–H groups in total. The van der Waals surface area contributed by atoms with E-state index in [-0.39, 0.29) is 11.6 Å². The molecule has 0 aliphatic heterocycles. The summed E-state index contributed by atoms with van der Waals surface area (Å²) in [6.45, 7) is 1.43. The van der Waals surface area contributed by atoms with E-state index >= 15 is 0 Å². The molecule has 1 amide bonds. The molecule has 1 heterocycles. The highest BCUT2D eigenvalue weighted by Gasteiger charge is 2.12. The van der Waals surface area contributed by atoms with Gasteiger partial charge in [0.1, 0.15) is 0 Å². The molecule has 0 saturated carbocycles. The number of amides is 1. The Kier molecular flexibility index (Phi) is 6.86. The summed E-state index contributed by atoms with van der Waals surface area (Å²) >= 11 is 1.39. The third-order valence-corrected chi connectivity index (χ3v) is 6.09. The Balaban J connectivity index is 1.86. The van der Waals surface area contributed by atoms with E-state index in [9.17, 15) is 19.1 Å². The number of nitro benzene ring substituents is 1. The molecule has 3 rings (SSSR count). The van der Waals surface area contributed by atoms with Gasteiger partial charge in [-0.2, -0.15) is 0 Å². The van der Waals surface area contributed by atoms with Crippen LogP contribution in [0.5, 0.6) is 0 Å². The van der Waals surface area contributed by atoms with Crippen LogP contribution in [0, 0.1) is 10.1 Å². The Hall–Kier alpha value is -3.17. The number of non-ortho nitro benzene ring substituents is 1. The first kappa shape index (κ1) is 21.5. The van der Waals surface area contributed by atoms with Crippen molar-refractivity contribution in [2.75, 3.05) is 11.6 Å². The minimum Gasteiger partial charge on any atom is -0.302 e. The minimum atomic E-state index is -1.03.